The van der Waals surface area contributed by atoms with Crippen LogP contribution < -0.4 is 4.90 Å². The summed E-state index contributed by atoms with van der Waals surface area (Å²) < 4.78 is 26.9. The van der Waals surface area contributed by atoms with Gasteiger partial charge < -0.3 is 4.90 Å². The highest BCUT2D eigenvalue weighted by atomic mass is 32.2. The minimum Gasteiger partial charge on any atom is -0.312 e. The first-order valence-electron chi connectivity index (χ1n) is 7.31. The fourth-order valence-electron chi connectivity index (χ4n) is 2.50. The lowest BCUT2D eigenvalue weighted by atomic mass is 9.87. The molecule has 0 spiro atoms. The Morgan fingerprint density at radius 1 is 1.23 bits per heavy atom. The Morgan fingerprint density at radius 2 is 1.82 bits per heavy atom. The fraction of sp³-hybridized carbons (Fsp3) is 0.562. The third-order valence-corrected chi connectivity index (χ3v) is 4.33. The number of rotatable bonds is 4. The van der Waals surface area contributed by atoms with Gasteiger partial charge in [-0.2, -0.15) is 8.42 Å². The molecular formula is C16H23NO4S. The van der Waals surface area contributed by atoms with Gasteiger partial charge in [-0.3, -0.25) is 8.98 Å². The van der Waals surface area contributed by atoms with Gasteiger partial charge in [-0.1, -0.05) is 32.9 Å². The van der Waals surface area contributed by atoms with Gasteiger partial charge in [0.15, 0.2) is 0 Å². The van der Waals surface area contributed by atoms with E-state index in [-0.39, 0.29) is 23.8 Å². The lowest BCUT2D eigenvalue weighted by Crippen LogP contribution is -2.25. The van der Waals surface area contributed by atoms with Crippen molar-refractivity contribution < 1.29 is 17.4 Å². The molecule has 1 aliphatic rings. The zero-order valence-electron chi connectivity index (χ0n) is 13.5. The molecule has 1 amide bonds. The maximum absolute atomic E-state index is 12.1. The van der Waals surface area contributed by atoms with Crippen LogP contribution in [0.3, 0.4) is 0 Å². The second-order valence-corrected chi connectivity index (χ2v) is 8.50. The number of carbonyl (C=O) groups is 1. The highest BCUT2D eigenvalue weighted by molar-refractivity contribution is 7.85. The van der Waals surface area contributed by atoms with E-state index >= 15 is 0 Å². The molecule has 0 saturated carbocycles. The highest BCUT2D eigenvalue weighted by Gasteiger charge is 2.31. The molecule has 2 rings (SSSR count). The molecule has 22 heavy (non-hydrogen) atoms. The van der Waals surface area contributed by atoms with Gasteiger partial charge in [0.05, 0.1) is 12.9 Å². The Balaban J connectivity index is 2.05. The van der Waals surface area contributed by atoms with E-state index in [1.807, 2.05) is 24.3 Å². The third-order valence-electron chi connectivity index (χ3n) is 3.77. The van der Waals surface area contributed by atoms with Crippen molar-refractivity contribution in [3.63, 3.8) is 0 Å². The van der Waals surface area contributed by atoms with Crippen molar-refractivity contribution in [3.05, 3.63) is 29.8 Å². The van der Waals surface area contributed by atoms with Crippen molar-refractivity contribution in [1.29, 1.82) is 0 Å². The van der Waals surface area contributed by atoms with E-state index in [0.717, 1.165) is 11.9 Å². The first-order valence-corrected chi connectivity index (χ1v) is 9.13. The van der Waals surface area contributed by atoms with E-state index in [9.17, 15) is 13.2 Å². The second-order valence-electron chi connectivity index (χ2n) is 6.86. The average molecular weight is 325 g/mol. The lowest BCUT2D eigenvalue weighted by Gasteiger charge is -2.21. The topological polar surface area (TPSA) is 63.7 Å². The van der Waals surface area contributed by atoms with Crippen LogP contribution >= 0.6 is 0 Å². The quantitative estimate of drug-likeness (QED) is 0.797. The summed E-state index contributed by atoms with van der Waals surface area (Å²) in [6.45, 7) is 6.97. The molecule has 0 N–H and O–H groups in total. The SMILES string of the molecule is CC(C)(C)c1ccc(N2C[C@H](COS(C)(=O)=O)CC2=O)cc1. The van der Waals surface area contributed by atoms with Gasteiger partial charge in [0.25, 0.3) is 10.1 Å². The maximum atomic E-state index is 12.1. The summed E-state index contributed by atoms with van der Waals surface area (Å²) in [7, 11) is -3.46. The molecule has 0 aromatic heterocycles. The molecule has 1 aliphatic heterocycles. The van der Waals surface area contributed by atoms with Gasteiger partial charge in [-0.25, -0.2) is 0 Å². The standard InChI is InChI=1S/C16H23NO4S/c1-16(2,3)13-5-7-14(8-6-13)17-10-12(9-15(17)18)11-21-22(4,19)20/h5-8,12H,9-11H2,1-4H3/t12-/m1/s1. The summed E-state index contributed by atoms with van der Waals surface area (Å²) in [4.78, 5) is 13.8. The predicted octanol–water partition coefficient (Wildman–Crippen LogP) is 2.31. The van der Waals surface area contributed by atoms with Gasteiger partial charge in [0.1, 0.15) is 0 Å². The number of benzene rings is 1. The van der Waals surface area contributed by atoms with Crippen LogP contribution in [0.1, 0.15) is 32.8 Å². The van der Waals surface area contributed by atoms with Gasteiger partial charge in [0, 0.05) is 24.6 Å². The Hall–Kier alpha value is -1.40. The third kappa shape index (κ3) is 4.30. The molecular weight excluding hydrogens is 302 g/mol. The van der Waals surface area contributed by atoms with Crippen molar-refractivity contribution in [3.8, 4) is 0 Å². The van der Waals surface area contributed by atoms with Crippen LogP contribution in [0.2, 0.25) is 0 Å². The molecule has 122 valence electrons. The Bertz CT molecular complexity index is 644. The molecule has 1 atom stereocenters. The number of anilines is 1. The summed E-state index contributed by atoms with van der Waals surface area (Å²) >= 11 is 0. The summed E-state index contributed by atoms with van der Waals surface area (Å²) in [6, 6.07) is 7.95. The van der Waals surface area contributed by atoms with Crippen molar-refractivity contribution in [2.75, 3.05) is 24.3 Å². The first-order chi connectivity index (χ1) is 10.1. The number of hydrogen-bond acceptors (Lipinski definition) is 4. The predicted molar refractivity (Wildman–Crippen MR) is 86.4 cm³/mol. The van der Waals surface area contributed by atoms with Crippen LogP contribution in [-0.4, -0.2) is 33.7 Å². The molecule has 1 fully saturated rings. The smallest absolute Gasteiger partial charge is 0.264 e. The maximum Gasteiger partial charge on any atom is 0.264 e. The molecule has 0 unspecified atom stereocenters. The van der Waals surface area contributed by atoms with Crippen LogP contribution in [0.4, 0.5) is 5.69 Å². The molecule has 1 saturated heterocycles. The van der Waals surface area contributed by atoms with Crippen molar-refractivity contribution in [1.82, 2.24) is 0 Å². The largest absolute Gasteiger partial charge is 0.312 e. The van der Waals surface area contributed by atoms with E-state index in [1.54, 1.807) is 4.90 Å². The van der Waals surface area contributed by atoms with Crippen LogP contribution in [0.25, 0.3) is 0 Å². The zero-order chi connectivity index (χ0) is 16.5. The minimum absolute atomic E-state index is 0.00519. The van der Waals surface area contributed by atoms with Gasteiger partial charge in [-0.15, -0.1) is 0 Å². The van der Waals surface area contributed by atoms with Crippen LogP contribution in [0, 0.1) is 5.92 Å². The Morgan fingerprint density at radius 3 is 2.32 bits per heavy atom. The number of carbonyl (C=O) groups excluding carboxylic acids is 1. The van der Waals surface area contributed by atoms with Crippen LogP contribution in [-0.2, 0) is 24.5 Å². The molecule has 6 heteroatoms. The molecule has 0 radical (unpaired) electrons. The molecule has 1 heterocycles. The van der Waals surface area contributed by atoms with E-state index in [4.69, 9.17) is 4.18 Å². The van der Waals surface area contributed by atoms with Crippen LogP contribution in [0.5, 0.6) is 0 Å². The number of hydrogen-bond donors (Lipinski definition) is 0. The van der Waals surface area contributed by atoms with E-state index in [2.05, 4.69) is 20.8 Å². The first kappa shape index (κ1) is 17.0. The van der Waals surface area contributed by atoms with Gasteiger partial charge in [0.2, 0.25) is 5.91 Å². The lowest BCUT2D eigenvalue weighted by molar-refractivity contribution is -0.117. The summed E-state index contributed by atoms with van der Waals surface area (Å²) in [5, 5.41) is 0. The summed E-state index contributed by atoms with van der Waals surface area (Å²) in [6.07, 6.45) is 1.34. The minimum atomic E-state index is -3.46. The van der Waals surface area contributed by atoms with E-state index < -0.39 is 10.1 Å². The van der Waals surface area contributed by atoms with Crippen molar-refractivity contribution in [2.24, 2.45) is 5.92 Å². The highest BCUT2D eigenvalue weighted by Crippen LogP contribution is 2.28. The van der Waals surface area contributed by atoms with Gasteiger partial charge >= 0.3 is 0 Å². The Labute approximate surface area is 132 Å². The van der Waals surface area contributed by atoms with Crippen molar-refractivity contribution >= 4 is 21.7 Å². The summed E-state index contributed by atoms with van der Waals surface area (Å²) in [5.74, 6) is -0.0878. The van der Waals surface area contributed by atoms with Crippen LogP contribution in [0.15, 0.2) is 24.3 Å². The van der Waals surface area contributed by atoms with Crippen molar-refractivity contribution in [2.45, 2.75) is 32.6 Å². The molecule has 1 aromatic carbocycles. The number of amides is 1. The van der Waals surface area contributed by atoms with E-state index in [0.29, 0.717) is 13.0 Å². The molecule has 1 aromatic rings. The fourth-order valence-corrected chi connectivity index (χ4v) is 2.94. The molecule has 0 bridgehead atoms. The zero-order valence-corrected chi connectivity index (χ0v) is 14.3. The van der Waals surface area contributed by atoms with E-state index in [1.165, 1.54) is 5.56 Å². The molecule has 5 nitrogen and oxygen atoms in total. The van der Waals surface area contributed by atoms with Gasteiger partial charge in [-0.05, 0) is 23.1 Å². The Kier molecular flexibility index (Phi) is 4.63. The normalized spacial score (nSPS) is 19.7. The average Bonchev–Trinajstić information content (AvgIpc) is 2.76. The summed E-state index contributed by atoms with van der Waals surface area (Å²) in [5.41, 5.74) is 2.12. The number of nitrogens with zero attached hydrogens (tertiary/aromatic N) is 1. The monoisotopic (exact) mass is 325 g/mol. The molecule has 0 aliphatic carbocycles. The second kappa shape index (κ2) is 6.01.